The van der Waals surface area contributed by atoms with Gasteiger partial charge in [0, 0.05) is 31.9 Å². The van der Waals surface area contributed by atoms with Crippen molar-refractivity contribution >= 4 is 17.7 Å². The number of nitrogens with zero attached hydrogens (tertiary/aromatic N) is 3. The number of hydrogen-bond donors (Lipinski definition) is 2. The lowest BCUT2D eigenvalue weighted by molar-refractivity contribution is -0.124. The Bertz CT molecular complexity index is 480. The van der Waals surface area contributed by atoms with E-state index < -0.39 is 0 Å². The van der Waals surface area contributed by atoms with Crippen molar-refractivity contribution in [1.29, 1.82) is 0 Å². The predicted octanol–water partition coefficient (Wildman–Crippen LogP) is 0.168. The summed E-state index contributed by atoms with van der Waals surface area (Å²) >= 11 is 0. The molecule has 1 aromatic rings. The molecule has 0 aliphatic carbocycles. The highest BCUT2D eigenvalue weighted by Crippen LogP contribution is 2.22. The number of aryl methyl sites for hydroxylation is 1. The van der Waals surface area contributed by atoms with Gasteiger partial charge in [0.1, 0.15) is 11.9 Å². The van der Waals surface area contributed by atoms with Crippen LogP contribution in [0.2, 0.25) is 0 Å². The summed E-state index contributed by atoms with van der Waals surface area (Å²) in [5.74, 6) is 1.30. The Morgan fingerprint density at radius 3 is 3.10 bits per heavy atom. The van der Waals surface area contributed by atoms with Crippen LogP contribution in [-0.2, 0) is 9.53 Å². The second-order valence-electron chi connectivity index (χ2n) is 4.63. The highest BCUT2D eigenvalue weighted by Gasteiger charge is 2.30. The van der Waals surface area contributed by atoms with E-state index in [-0.39, 0.29) is 11.9 Å². The molecule has 0 saturated carbocycles. The van der Waals surface area contributed by atoms with E-state index in [1.165, 1.54) is 0 Å². The summed E-state index contributed by atoms with van der Waals surface area (Å²) in [7, 11) is 1.63. The lowest BCUT2D eigenvalue weighted by Crippen LogP contribution is -2.54. The molecule has 1 atom stereocenters. The van der Waals surface area contributed by atoms with Crippen LogP contribution < -0.4 is 15.5 Å². The molecule has 0 spiro atoms. The topological polar surface area (TPSA) is 79.4 Å². The van der Waals surface area contributed by atoms with Gasteiger partial charge in [-0.3, -0.25) is 4.79 Å². The van der Waals surface area contributed by atoms with Crippen LogP contribution in [0.5, 0.6) is 0 Å². The van der Waals surface area contributed by atoms with Crippen molar-refractivity contribution in [3.8, 4) is 0 Å². The molecule has 2 N–H and O–H groups in total. The van der Waals surface area contributed by atoms with E-state index in [0.717, 1.165) is 17.9 Å². The van der Waals surface area contributed by atoms with E-state index in [0.29, 0.717) is 25.7 Å². The number of aromatic nitrogens is 2. The first kappa shape index (κ1) is 14.5. The molecule has 1 amide bonds. The van der Waals surface area contributed by atoms with Gasteiger partial charge in [0.2, 0.25) is 11.9 Å². The van der Waals surface area contributed by atoms with Gasteiger partial charge in [-0.25, -0.2) is 4.98 Å². The van der Waals surface area contributed by atoms with Gasteiger partial charge in [-0.1, -0.05) is 0 Å². The molecule has 0 bridgehead atoms. The smallest absolute Gasteiger partial charge is 0.244 e. The number of rotatable bonds is 4. The molecular formula is C13H21N5O2. The summed E-state index contributed by atoms with van der Waals surface area (Å²) in [4.78, 5) is 22.7. The summed E-state index contributed by atoms with van der Waals surface area (Å²) < 4.78 is 5.41. The second kappa shape index (κ2) is 6.51. The predicted molar refractivity (Wildman–Crippen MR) is 77.0 cm³/mol. The molecular weight excluding hydrogens is 258 g/mol. The molecule has 110 valence electrons. The van der Waals surface area contributed by atoms with E-state index in [2.05, 4.69) is 20.6 Å². The highest BCUT2D eigenvalue weighted by atomic mass is 16.5. The maximum Gasteiger partial charge on any atom is 0.244 e. The van der Waals surface area contributed by atoms with Gasteiger partial charge in [-0.2, -0.15) is 4.98 Å². The number of nitrogens with one attached hydrogen (secondary N) is 2. The maximum absolute atomic E-state index is 12.0. The van der Waals surface area contributed by atoms with Crippen LogP contribution in [0, 0.1) is 6.92 Å². The van der Waals surface area contributed by atoms with E-state index in [1.54, 1.807) is 13.2 Å². The largest absolute Gasteiger partial charge is 0.377 e. The maximum atomic E-state index is 12.0. The number of carbonyl (C=O) groups excluding carboxylic acids is 1. The first-order chi connectivity index (χ1) is 9.67. The fourth-order valence-corrected chi connectivity index (χ4v) is 2.21. The molecule has 7 heteroatoms. The Labute approximate surface area is 118 Å². The lowest BCUT2D eigenvalue weighted by Gasteiger charge is -2.35. The number of hydrogen-bond acceptors (Lipinski definition) is 6. The van der Waals surface area contributed by atoms with Gasteiger partial charge >= 0.3 is 0 Å². The minimum atomic E-state index is -0.350. The summed E-state index contributed by atoms with van der Waals surface area (Å²) in [5, 5.41) is 5.77. The normalized spacial score (nSPS) is 18.8. The van der Waals surface area contributed by atoms with Gasteiger partial charge in [0.15, 0.2) is 0 Å². The van der Waals surface area contributed by atoms with Crippen molar-refractivity contribution < 1.29 is 9.53 Å². The Kier molecular flexibility index (Phi) is 4.73. The van der Waals surface area contributed by atoms with E-state index >= 15 is 0 Å². The molecule has 1 saturated heterocycles. The Balaban J connectivity index is 2.31. The summed E-state index contributed by atoms with van der Waals surface area (Å²) in [6.45, 7) is 6.30. The molecule has 1 aliphatic rings. The number of ether oxygens (including phenoxy) is 1. The number of carbonyl (C=O) groups is 1. The van der Waals surface area contributed by atoms with Crippen LogP contribution in [0.3, 0.4) is 0 Å². The highest BCUT2D eigenvalue weighted by molar-refractivity contribution is 5.85. The third-order valence-electron chi connectivity index (χ3n) is 3.23. The Hall–Kier alpha value is -1.89. The first-order valence-electron chi connectivity index (χ1n) is 6.80. The third-order valence-corrected chi connectivity index (χ3v) is 3.23. The number of amides is 1. The van der Waals surface area contributed by atoms with Crippen molar-refractivity contribution in [3.05, 3.63) is 11.8 Å². The third kappa shape index (κ3) is 2.98. The fraction of sp³-hybridized carbons (Fsp3) is 0.615. The van der Waals surface area contributed by atoms with Crippen LogP contribution >= 0.6 is 0 Å². The van der Waals surface area contributed by atoms with E-state index in [4.69, 9.17) is 4.74 Å². The molecule has 2 rings (SSSR count). The second-order valence-corrected chi connectivity index (χ2v) is 4.63. The summed E-state index contributed by atoms with van der Waals surface area (Å²) in [6, 6.07) is -0.350. The zero-order valence-corrected chi connectivity index (χ0v) is 12.1. The van der Waals surface area contributed by atoms with Crippen molar-refractivity contribution in [2.45, 2.75) is 19.9 Å². The fourth-order valence-electron chi connectivity index (χ4n) is 2.21. The molecule has 1 aromatic heterocycles. The van der Waals surface area contributed by atoms with Gasteiger partial charge in [0.25, 0.3) is 0 Å². The van der Waals surface area contributed by atoms with Gasteiger partial charge in [0.05, 0.1) is 13.2 Å². The number of morpholine rings is 1. The Morgan fingerprint density at radius 2 is 2.40 bits per heavy atom. The molecule has 1 aliphatic heterocycles. The molecule has 0 radical (unpaired) electrons. The van der Waals surface area contributed by atoms with Crippen molar-refractivity contribution in [1.82, 2.24) is 15.3 Å². The van der Waals surface area contributed by atoms with E-state index in [9.17, 15) is 4.79 Å². The minimum Gasteiger partial charge on any atom is -0.377 e. The average Bonchev–Trinajstić information content (AvgIpc) is 2.49. The minimum absolute atomic E-state index is 0.0623. The van der Waals surface area contributed by atoms with Gasteiger partial charge in [-0.05, 0) is 13.8 Å². The van der Waals surface area contributed by atoms with Crippen molar-refractivity contribution in [2.75, 3.05) is 43.6 Å². The molecule has 1 fully saturated rings. The van der Waals surface area contributed by atoms with Gasteiger partial charge in [-0.15, -0.1) is 0 Å². The molecule has 2 heterocycles. The Morgan fingerprint density at radius 1 is 1.60 bits per heavy atom. The summed E-state index contributed by atoms with van der Waals surface area (Å²) in [6.07, 6.45) is 1.77. The molecule has 7 nitrogen and oxygen atoms in total. The molecule has 1 unspecified atom stereocenters. The first-order valence-corrected chi connectivity index (χ1v) is 6.80. The van der Waals surface area contributed by atoms with Crippen molar-refractivity contribution in [3.63, 3.8) is 0 Å². The quantitative estimate of drug-likeness (QED) is 0.818. The van der Waals surface area contributed by atoms with Gasteiger partial charge < -0.3 is 20.3 Å². The van der Waals surface area contributed by atoms with Crippen LogP contribution in [-0.4, -0.2) is 55.3 Å². The monoisotopic (exact) mass is 279 g/mol. The SMILES string of the molecule is CCNc1ncc(C)c(N2CCOCC2C(=O)NC)n1. The number of anilines is 2. The van der Waals surface area contributed by atoms with E-state index in [1.807, 2.05) is 18.7 Å². The van der Waals surface area contributed by atoms with Crippen LogP contribution in [0.1, 0.15) is 12.5 Å². The zero-order chi connectivity index (χ0) is 14.5. The zero-order valence-electron chi connectivity index (χ0n) is 12.1. The van der Waals surface area contributed by atoms with Crippen LogP contribution in [0.25, 0.3) is 0 Å². The van der Waals surface area contributed by atoms with Crippen LogP contribution in [0.15, 0.2) is 6.20 Å². The average molecular weight is 279 g/mol. The molecule has 0 aromatic carbocycles. The lowest BCUT2D eigenvalue weighted by atomic mass is 10.2. The standard InChI is InChI=1S/C13H21N5O2/c1-4-15-13-16-7-9(2)11(17-13)18-5-6-20-8-10(18)12(19)14-3/h7,10H,4-6,8H2,1-3H3,(H,14,19)(H,15,16,17). The summed E-state index contributed by atoms with van der Waals surface area (Å²) in [5.41, 5.74) is 0.947. The molecule has 20 heavy (non-hydrogen) atoms. The van der Waals surface area contributed by atoms with Crippen molar-refractivity contribution in [2.24, 2.45) is 0 Å². The number of likely N-dealkylation sites (N-methyl/N-ethyl adjacent to an activating group) is 1. The van der Waals surface area contributed by atoms with Crippen LogP contribution in [0.4, 0.5) is 11.8 Å².